The second-order valence-corrected chi connectivity index (χ2v) is 5.41. The summed E-state index contributed by atoms with van der Waals surface area (Å²) in [6.07, 6.45) is 4.47. The quantitative estimate of drug-likeness (QED) is 0.629. The summed E-state index contributed by atoms with van der Waals surface area (Å²) in [6, 6.07) is 9.00. The van der Waals surface area contributed by atoms with E-state index in [1.165, 1.54) is 0 Å². The van der Waals surface area contributed by atoms with Crippen LogP contribution in [0.25, 0.3) is 0 Å². The van der Waals surface area contributed by atoms with Crippen LogP contribution in [-0.4, -0.2) is 23.8 Å². The standard InChI is InChI=1S/C16H16N2O3/c19-13(9-10-5-2-1-3-6-10)17-12-8-4-7-11-14(12)16(21)18-15(11)20/h1-6,8,11-12,14H,7,9H2,(H,17,19)(H,18,20,21)/t11-,12+,14-/m0/s1. The third-order valence-corrected chi connectivity index (χ3v) is 3.97. The first kappa shape index (κ1) is 13.5. The maximum Gasteiger partial charge on any atom is 0.232 e. The van der Waals surface area contributed by atoms with Crippen molar-refractivity contribution in [2.75, 3.05) is 0 Å². The zero-order valence-electron chi connectivity index (χ0n) is 11.4. The van der Waals surface area contributed by atoms with Crippen molar-refractivity contribution in [1.29, 1.82) is 0 Å². The lowest BCUT2D eigenvalue weighted by Gasteiger charge is -2.26. The minimum atomic E-state index is -0.484. The van der Waals surface area contributed by atoms with Gasteiger partial charge in [-0.3, -0.25) is 19.7 Å². The molecule has 1 aliphatic carbocycles. The zero-order chi connectivity index (χ0) is 14.8. The van der Waals surface area contributed by atoms with Crippen LogP contribution in [0.2, 0.25) is 0 Å². The van der Waals surface area contributed by atoms with Gasteiger partial charge < -0.3 is 5.32 Å². The lowest BCUT2D eigenvalue weighted by atomic mass is 9.81. The van der Waals surface area contributed by atoms with E-state index >= 15 is 0 Å². The first-order chi connectivity index (χ1) is 10.1. The van der Waals surface area contributed by atoms with Crippen molar-refractivity contribution >= 4 is 17.7 Å². The fourth-order valence-electron chi connectivity index (χ4n) is 2.96. The monoisotopic (exact) mass is 284 g/mol. The number of carbonyl (C=O) groups is 3. The molecule has 108 valence electrons. The maximum atomic E-state index is 12.1. The molecule has 1 heterocycles. The minimum absolute atomic E-state index is 0.149. The van der Waals surface area contributed by atoms with E-state index in [2.05, 4.69) is 10.6 Å². The lowest BCUT2D eigenvalue weighted by Crippen LogP contribution is -2.45. The number of nitrogens with one attached hydrogen (secondary N) is 2. The highest BCUT2D eigenvalue weighted by Crippen LogP contribution is 2.30. The second kappa shape index (κ2) is 5.52. The fraction of sp³-hybridized carbons (Fsp3) is 0.312. The van der Waals surface area contributed by atoms with Gasteiger partial charge >= 0.3 is 0 Å². The predicted octanol–water partition coefficient (Wildman–Crippen LogP) is 0.563. The van der Waals surface area contributed by atoms with E-state index in [-0.39, 0.29) is 30.1 Å². The second-order valence-electron chi connectivity index (χ2n) is 5.41. The number of allylic oxidation sites excluding steroid dienone is 1. The summed E-state index contributed by atoms with van der Waals surface area (Å²) >= 11 is 0. The van der Waals surface area contributed by atoms with Gasteiger partial charge in [0.15, 0.2) is 0 Å². The summed E-state index contributed by atoms with van der Waals surface area (Å²) in [5.41, 5.74) is 0.915. The van der Waals surface area contributed by atoms with Gasteiger partial charge in [0.1, 0.15) is 0 Å². The summed E-state index contributed by atoms with van der Waals surface area (Å²) in [6.45, 7) is 0. The molecule has 2 N–H and O–H groups in total. The third-order valence-electron chi connectivity index (χ3n) is 3.97. The number of hydrogen-bond donors (Lipinski definition) is 2. The highest BCUT2D eigenvalue weighted by atomic mass is 16.2. The normalized spacial score (nSPS) is 27.1. The molecule has 2 aliphatic rings. The number of rotatable bonds is 3. The fourth-order valence-corrected chi connectivity index (χ4v) is 2.96. The number of fused-ring (bicyclic) bond motifs is 1. The number of hydrogen-bond acceptors (Lipinski definition) is 3. The molecule has 21 heavy (non-hydrogen) atoms. The van der Waals surface area contributed by atoms with Crippen molar-refractivity contribution in [2.24, 2.45) is 11.8 Å². The van der Waals surface area contributed by atoms with E-state index in [0.29, 0.717) is 6.42 Å². The van der Waals surface area contributed by atoms with Crippen molar-refractivity contribution in [3.8, 4) is 0 Å². The molecule has 3 rings (SSSR count). The molecule has 0 bridgehead atoms. The Bertz CT molecular complexity index is 609. The van der Waals surface area contributed by atoms with Crippen LogP contribution in [0.15, 0.2) is 42.5 Å². The molecular weight excluding hydrogens is 268 g/mol. The minimum Gasteiger partial charge on any atom is -0.349 e. The van der Waals surface area contributed by atoms with Crippen LogP contribution < -0.4 is 10.6 Å². The van der Waals surface area contributed by atoms with Crippen LogP contribution in [0.3, 0.4) is 0 Å². The van der Waals surface area contributed by atoms with Crippen LogP contribution in [0.5, 0.6) is 0 Å². The van der Waals surface area contributed by atoms with E-state index in [4.69, 9.17) is 0 Å². The van der Waals surface area contributed by atoms with E-state index in [1.807, 2.05) is 42.5 Å². The Hall–Kier alpha value is -2.43. The molecule has 0 radical (unpaired) electrons. The highest BCUT2D eigenvalue weighted by molar-refractivity contribution is 6.06. The van der Waals surface area contributed by atoms with Gasteiger partial charge in [-0.25, -0.2) is 0 Å². The molecule has 3 atom stereocenters. The average molecular weight is 284 g/mol. The Balaban J connectivity index is 1.68. The molecule has 1 aliphatic heterocycles. The molecule has 1 aromatic rings. The molecule has 5 heteroatoms. The summed E-state index contributed by atoms with van der Waals surface area (Å²) in [4.78, 5) is 35.6. The Morgan fingerprint density at radius 2 is 1.95 bits per heavy atom. The van der Waals surface area contributed by atoms with Gasteiger partial charge in [-0.15, -0.1) is 0 Å². The zero-order valence-corrected chi connectivity index (χ0v) is 11.4. The van der Waals surface area contributed by atoms with Gasteiger partial charge in [-0.05, 0) is 12.0 Å². The van der Waals surface area contributed by atoms with Crippen LogP contribution in [0.4, 0.5) is 0 Å². The van der Waals surface area contributed by atoms with Gasteiger partial charge in [0.25, 0.3) is 0 Å². The molecule has 1 aromatic carbocycles. The Morgan fingerprint density at radius 1 is 1.19 bits per heavy atom. The Labute approximate surface area is 122 Å². The van der Waals surface area contributed by atoms with Crippen molar-refractivity contribution in [3.05, 3.63) is 48.0 Å². The molecule has 0 unspecified atom stereocenters. The smallest absolute Gasteiger partial charge is 0.232 e. The molecule has 0 spiro atoms. The topological polar surface area (TPSA) is 75.3 Å². The highest BCUT2D eigenvalue weighted by Gasteiger charge is 2.46. The number of carbonyl (C=O) groups excluding carboxylic acids is 3. The molecule has 0 saturated carbocycles. The van der Waals surface area contributed by atoms with Gasteiger partial charge in [0.05, 0.1) is 24.3 Å². The van der Waals surface area contributed by atoms with Crippen molar-refractivity contribution in [2.45, 2.75) is 18.9 Å². The largest absolute Gasteiger partial charge is 0.349 e. The summed E-state index contributed by atoms with van der Waals surface area (Å²) in [5, 5.41) is 5.19. The molecule has 5 nitrogen and oxygen atoms in total. The third kappa shape index (κ3) is 2.72. The van der Waals surface area contributed by atoms with Gasteiger partial charge in [0.2, 0.25) is 17.7 Å². The van der Waals surface area contributed by atoms with Crippen LogP contribution in [-0.2, 0) is 20.8 Å². The molecule has 1 fully saturated rings. The van der Waals surface area contributed by atoms with E-state index in [9.17, 15) is 14.4 Å². The van der Waals surface area contributed by atoms with Gasteiger partial charge in [-0.2, -0.15) is 0 Å². The number of imide groups is 1. The Kier molecular flexibility index (Phi) is 3.56. The van der Waals surface area contributed by atoms with Gasteiger partial charge in [-0.1, -0.05) is 42.5 Å². The van der Waals surface area contributed by atoms with E-state index < -0.39 is 12.0 Å². The van der Waals surface area contributed by atoms with Crippen molar-refractivity contribution in [1.82, 2.24) is 10.6 Å². The lowest BCUT2D eigenvalue weighted by molar-refractivity contribution is -0.126. The van der Waals surface area contributed by atoms with Crippen LogP contribution in [0, 0.1) is 11.8 Å². The maximum absolute atomic E-state index is 12.1. The SMILES string of the molecule is O=C(Cc1ccccc1)N[C@@H]1C=CC[C@@H]2C(=O)NC(=O)[C@@H]21. The first-order valence-electron chi connectivity index (χ1n) is 7.00. The van der Waals surface area contributed by atoms with Crippen molar-refractivity contribution < 1.29 is 14.4 Å². The number of benzene rings is 1. The summed E-state index contributed by atoms with van der Waals surface area (Å²) in [5.74, 6) is -1.52. The molecule has 1 saturated heterocycles. The molecular formula is C16H16N2O3. The predicted molar refractivity (Wildman–Crippen MR) is 76.0 cm³/mol. The molecule has 3 amide bonds. The first-order valence-corrected chi connectivity index (χ1v) is 7.00. The number of amides is 3. The van der Waals surface area contributed by atoms with Crippen LogP contribution in [0.1, 0.15) is 12.0 Å². The summed E-state index contributed by atoms with van der Waals surface area (Å²) in [7, 11) is 0. The van der Waals surface area contributed by atoms with E-state index in [0.717, 1.165) is 5.56 Å². The summed E-state index contributed by atoms with van der Waals surface area (Å²) < 4.78 is 0. The van der Waals surface area contributed by atoms with Crippen molar-refractivity contribution in [3.63, 3.8) is 0 Å². The Morgan fingerprint density at radius 3 is 2.71 bits per heavy atom. The molecule has 0 aromatic heterocycles. The van der Waals surface area contributed by atoms with E-state index in [1.54, 1.807) is 0 Å². The average Bonchev–Trinajstić information content (AvgIpc) is 2.76. The van der Waals surface area contributed by atoms with Crippen LogP contribution >= 0.6 is 0 Å². The van der Waals surface area contributed by atoms with Gasteiger partial charge in [0, 0.05) is 0 Å².